The van der Waals surface area contributed by atoms with E-state index in [4.69, 9.17) is 0 Å². The number of nitrogens with one attached hydrogen (secondary N) is 1. The SMILES string of the molecule is O=C(CN1CCCN(c2ccc(F)cc2)CC1)NCC1CCS(=O)(=O)C1. The molecule has 2 aliphatic rings. The number of carbonyl (C=O) groups excluding carboxylic acids is 1. The van der Waals surface area contributed by atoms with Crippen molar-refractivity contribution in [1.82, 2.24) is 10.2 Å². The molecule has 1 unspecified atom stereocenters. The van der Waals surface area contributed by atoms with Gasteiger partial charge in [0, 0.05) is 38.4 Å². The lowest BCUT2D eigenvalue weighted by Gasteiger charge is -2.23. The minimum absolute atomic E-state index is 0.0436. The van der Waals surface area contributed by atoms with E-state index in [0.717, 1.165) is 38.3 Å². The number of anilines is 1. The second-order valence-corrected chi connectivity index (χ2v) is 9.40. The van der Waals surface area contributed by atoms with E-state index < -0.39 is 9.84 Å². The van der Waals surface area contributed by atoms with Gasteiger partial charge in [0.1, 0.15) is 5.82 Å². The van der Waals surface area contributed by atoms with E-state index in [0.29, 0.717) is 19.5 Å². The topological polar surface area (TPSA) is 69.7 Å². The van der Waals surface area contributed by atoms with E-state index in [1.807, 2.05) is 0 Å². The number of carbonyl (C=O) groups is 1. The smallest absolute Gasteiger partial charge is 0.234 e. The fourth-order valence-corrected chi connectivity index (χ4v) is 5.45. The van der Waals surface area contributed by atoms with Crippen molar-refractivity contribution in [3.63, 3.8) is 0 Å². The van der Waals surface area contributed by atoms with Crippen LogP contribution in [0, 0.1) is 11.7 Å². The molecule has 144 valence electrons. The third-order valence-electron chi connectivity index (χ3n) is 5.06. The highest BCUT2D eigenvalue weighted by Gasteiger charge is 2.28. The summed E-state index contributed by atoms with van der Waals surface area (Å²) in [5.74, 6) is 0.172. The molecule has 1 amide bonds. The van der Waals surface area contributed by atoms with E-state index >= 15 is 0 Å². The van der Waals surface area contributed by atoms with Gasteiger partial charge in [0.05, 0.1) is 18.1 Å². The number of rotatable bonds is 5. The Morgan fingerprint density at radius 1 is 1.15 bits per heavy atom. The molecule has 0 bridgehead atoms. The van der Waals surface area contributed by atoms with Crippen molar-refractivity contribution < 1.29 is 17.6 Å². The maximum Gasteiger partial charge on any atom is 0.234 e. The summed E-state index contributed by atoms with van der Waals surface area (Å²) in [4.78, 5) is 16.5. The Labute approximate surface area is 154 Å². The average Bonchev–Trinajstić information content (AvgIpc) is 2.79. The highest BCUT2D eigenvalue weighted by Crippen LogP contribution is 2.18. The molecular formula is C18H26FN3O3S. The predicted octanol–water partition coefficient (Wildman–Crippen LogP) is 0.889. The molecule has 0 aromatic heterocycles. The number of hydrogen-bond acceptors (Lipinski definition) is 5. The minimum atomic E-state index is -2.90. The second kappa shape index (κ2) is 8.35. The summed E-state index contributed by atoms with van der Waals surface area (Å²) in [6.45, 7) is 4.04. The molecule has 1 N–H and O–H groups in total. The molecule has 2 aliphatic heterocycles. The molecule has 6 nitrogen and oxygen atoms in total. The van der Waals surface area contributed by atoms with Crippen LogP contribution in [0.25, 0.3) is 0 Å². The normalized spacial score (nSPS) is 23.6. The van der Waals surface area contributed by atoms with Crippen LogP contribution >= 0.6 is 0 Å². The first-order valence-corrected chi connectivity index (χ1v) is 10.9. The molecule has 0 saturated carbocycles. The molecule has 3 rings (SSSR count). The third-order valence-corrected chi connectivity index (χ3v) is 6.90. The van der Waals surface area contributed by atoms with Crippen LogP contribution in [0.3, 0.4) is 0 Å². The molecule has 1 aromatic rings. The van der Waals surface area contributed by atoms with Crippen molar-refractivity contribution in [2.75, 3.05) is 55.7 Å². The first-order valence-electron chi connectivity index (χ1n) is 9.11. The molecular weight excluding hydrogens is 357 g/mol. The number of halogens is 1. The zero-order chi connectivity index (χ0) is 18.6. The zero-order valence-corrected chi connectivity index (χ0v) is 15.7. The summed E-state index contributed by atoms with van der Waals surface area (Å²) in [6, 6.07) is 6.50. The molecule has 26 heavy (non-hydrogen) atoms. The Bertz CT molecular complexity index is 724. The molecule has 2 saturated heterocycles. The molecule has 0 spiro atoms. The predicted molar refractivity (Wildman–Crippen MR) is 99.4 cm³/mol. The van der Waals surface area contributed by atoms with Crippen LogP contribution in [-0.4, -0.2) is 70.0 Å². The fourth-order valence-electron chi connectivity index (χ4n) is 3.59. The van der Waals surface area contributed by atoms with Crippen LogP contribution in [0.15, 0.2) is 24.3 Å². The minimum Gasteiger partial charge on any atom is -0.370 e. The van der Waals surface area contributed by atoms with Crippen molar-refractivity contribution in [2.45, 2.75) is 12.8 Å². The lowest BCUT2D eigenvalue weighted by atomic mass is 10.1. The van der Waals surface area contributed by atoms with Gasteiger partial charge >= 0.3 is 0 Å². The quantitative estimate of drug-likeness (QED) is 0.818. The van der Waals surface area contributed by atoms with Crippen molar-refractivity contribution in [2.24, 2.45) is 5.92 Å². The van der Waals surface area contributed by atoms with Gasteiger partial charge in [-0.3, -0.25) is 9.69 Å². The van der Waals surface area contributed by atoms with Gasteiger partial charge < -0.3 is 10.2 Å². The van der Waals surface area contributed by atoms with Crippen LogP contribution in [0.4, 0.5) is 10.1 Å². The number of benzene rings is 1. The number of sulfone groups is 1. The van der Waals surface area contributed by atoms with Gasteiger partial charge in [-0.2, -0.15) is 0 Å². The molecule has 1 aromatic carbocycles. The molecule has 0 aliphatic carbocycles. The van der Waals surface area contributed by atoms with E-state index in [-0.39, 0.29) is 29.1 Å². The standard InChI is InChI=1S/C18H26FN3O3S/c19-16-2-4-17(5-3-16)22-8-1-7-21(9-10-22)13-18(23)20-12-15-6-11-26(24,25)14-15/h2-5,15H,1,6-14H2,(H,20,23). The lowest BCUT2D eigenvalue weighted by molar-refractivity contribution is -0.122. The summed E-state index contributed by atoms with van der Waals surface area (Å²) in [5, 5.41) is 2.88. The van der Waals surface area contributed by atoms with Crippen LogP contribution in [0.1, 0.15) is 12.8 Å². The van der Waals surface area contributed by atoms with Crippen molar-refractivity contribution in [3.05, 3.63) is 30.1 Å². The molecule has 1 atom stereocenters. The summed E-state index contributed by atoms with van der Waals surface area (Å²) >= 11 is 0. The molecule has 8 heteroatoms. The Morgan fingerprint density at radius 2 is 1.92 bits per heavy atom. The maximum absolute atomic E-state index is 13.1. The maximum atomic E-state index is 13.1. The Kier molecular flexibility index (Phi) is 6.13. The molecule has 2 heterocycles. The Balaban J connectivity index is 1.42. The van der Waals surface area contributed by atoms with Crippen LogP contribution in [0.2, 0.25) is 0 Å². The monoisotopic (exact) mass is 383 g/mol. The first kappa shape index (κ1) is 19.1. The van der Waals surface area contributed by atoms with Crippen molar-refractivity contribution in [3.8, 4) is 0 Å². The Hall–Kier alpha value is -1.67. The summed E-state index contributed by atoms with van der Waals surface area (Å²) < 4.78 is 36.0. The third kappa shape index (κ3) is 5.41. The van der Waals surface area contributed by atoms with Crippen molar-refractivity contribution in [1.29, 1.82) is 0 Å². The van der Waals surface area contributed by atoms with E-state index in [2.05, 4.69) is 15.1 Å². The van der Waals surface area contributed by atoms with Gasteiger partial charge in [0.25, 0.3) is 0 Å². The summed E-state index contributed by atoms with van der Waals surface area (Å²) in [5.41, 5.74) is 1.00. The lowest BCUT2D eigenvalue weighted by Crippen LogP contribution is -2.40. The van der Waals surface area contributed by atoms with Gasteiger partial charge in [0.15, 0.2) is 9.84 Å². The first-order chi connectivity index (χ1) is 12.4. The second-order valence-electron chi connectivity index (χ2n) is 7.17. The van der Waals surface area contributed by atoms with Gasteiger partial charge in [-0.25, -0.2) is 12.8 Å². The summed E-state index contributed by atoms with van der Waals surface area (Å²) in [6.07, 6.45) is 1.57. The molecule has 0 radical (unpaired) electrons. The highest BCUT2D eigenvalue weighted by atomic mass is 32.2. The van der Waals surface area contributed by atoms with Gasteiger partial charge in [-0.05, 0) is 43.0 Å². The Morgan fingerprint density at radius 3 is 2.62 bits per heavy atom. The number of hydrogen-bond donors (Lipinski definition) is 1. The number of nitrogens with zero attached hydrogens (tertiary/aromatic N) is 2. The largest absolute Gasteiger partial charge is 0.370 e. The van der Waals surface area contributed by atoms with Gasteiger partial charge in [-0.1, -0.05) is 0 Å². The van der Waals surface area contributed by atoms with Crippen LogP contribution in [-0.2, 0) is 14.6 Å². The fraction of sp³-hybridized carbons (Fsp3) is 0.611. The van der Waals surface area contributed by atoms with Crippen molar-refractivity contribution >= 4 is 21.4 Å². The van der Waals surface area contributed by atoms with E-state index in [9.17, 15) is 17.6 Å². The van der Waals surface area contributed by atoms with E-state index in [1.165, 1.54) is 12.1 Å². The van der Waals surface area contributed by atoms with Crippen LogP contribution < -0.4 is 10.2 Å². The van der Waals surface area contributed by atoms with Gasteiger partial charge in [-0.15, -0.1) is 0 Å². The van der Waals surface area contributed by atoms with E-state index in [1.54, 1.807) is 12.1 Å². The zero-order valence-electron chi connectivity index (χ0n) is 14.9. The average molecular weight is 383 g/mol. The summed E-state index contributed by atoms with van der Waals surface area (Å²) in [7, 11) is -2.90. The molecule has 2 fully saturated rings. The highest BCUT2D eigenvalue weighted by molar-refractivity contribution is 7.91. The van der Waals surface area contributed by atoms with Gasteiger partial charge in [0.2, 0.25) is 5.91 Å². The van der Waals surface area contributed by atoms with Crippen LogP contribution in [0.5, 0.6) is 0 Å². The number of amides is 1.